The zero-order valence-electron chi connectivity index (χ0n) is 11.1. The van der Waals surface area contributed by atoms with Crippen LogP contribution in [0.2, 0.25) is 0 Å². The highest BCUT2D eigenvalue weighted by Crippen LogP contribution is 2.28. The maximum atomic E-state index is 11.6. The minimum absolute atomic E-state index is 0.337. The normalized spacial score (nSPS) is 38.8. The molecule has 2 aliphatic heterocycles. The van der Waals surface area contributed by atoms with Crippen molar-refractivity contribution in [1.82, 2.24) is 15.5 Å². The Bertz CT molecular complexity index is 328. The average molecular weight is 273 g/mol. The fourth-order valence-corrected chi connectivity index (χ4v) is 2.91. The predicted molar refractivity (Wildman–Crippen MR) is 68.6 cm³/mol. The number of carbonyl (C=O) groups excluding carboxylic acids is 1. The van der Waals surface area contributed by atoms with Crippen LogP contribution >= 0.6 is 0 Å². The third kappa shape index (κ3) is 3.00. The van der Waals surface area contributed by atoms with Crippen LogP contribution in [0.1, 0.15) is 19.8 Å². The van der Waals surface area contributed by atoms with Gasteiger partial charge in [-0.3, -0.25) is 4.90 Å². The summed E-state index contributed by atoms with van der Waals surface area (Å²) in [6.07, 6.45) is -1.28. The van der Waals surface area contributed by atoms with Crippen LogP contribution < -0.4 is 10.6 Å². The maximum absolute atomic E-state index is 11.6. The van der Waals surface area contributed by atoms with Gasteiger partial charge < -0.3 is 26.0 Å². The van der Waals surface area contributed by atoms with E-state index in [9.17, 15) is 20.1 Å². The van der Waals surface area contributed by atoms with Crippen LogP contribution in [0.3, 0.4) is 0 Å². The number of fused-ring (bicyclic) bond motifs is 1. The molecule has 2 amide bonds. The molecule has 2 fully saturated rings. The van der Waals surface area contributed by atoms with Gasteiger partial charge in [0.1, 0.15) is 6.10 Å². The predicted octanol–water partition coefficient (Wildman–Crippen LogP) is -1.77. The Labute approximate surface area is 112 Å². The summed E-state index contributed by atoms with van der Waals surface area (Å²) in [6, 6.07) is -1.28. The summed E-state index contributed by atoms with van der Waals surface area (Å²) >= 11 is 0. The molecular weight excluding hydrogens is 250 g/mol. The second kappa shape index (κ2) is 6.04. The fraction of sp³-hybridized carbons (Fsp3) is 0.917. The molecule has 19 heavy (non-hydrogen) atoms. The Morgan fingerprint density at radius 3 is 2.74 bits per heavy atom. The topological polar surface area (TPSA) is 105 Å². The van der Waals surface area contributed by atoms with Crippen LogP contribution in [0.5, 0.6) is 0 Å². The molecule has 5 N–H and O–H groups in total. The molecule has 0 radical (unpaired) electrons. The fourth-order valence-electron chi connectivity index (χ4n) is 2.91. The molecule has 7 heteroatoms. The monoisotopic (exact) mass is 273 g/mol. The highest BCUT2D eigenvalue weighted by molar-refractivity contribution is 5.74. The molecule has 5 atom stereocenters. The molecule has 0 bridgehead atoms. The van der Waals surface area contributed by atoms with E-state index in [1.807, 2.05) is 11.8 Å². The van der Waals surface area contributed by atoms with E-state index in [0.29, 0.717) is 26.1 Å². The Balaban J connectivity index is 1.94. The van der Waals surface area contributed by atoms with Gasteiger partial charge in [-0.05, 0) is 12.8 Å². The Morgan fingerprint density at radius 1 is 1.32 bits per heavy atom. The van der Waals surface area contributed by atoms with E-state index < -0.39 is 30.4 Å². The smallest absolute Gasteiger partial charge is 0.315 e. The Morgan fingerprint density at radius 2 is 2.05 bits per heavy atom. The van der Waals surface area contributed by atoms with Gasteiger partial charge in [0.25, 0.3) is 0 Å². The van der Waals surface area contributed by atoms with E-state index in [2.05, 4.69) is 10.6 Å². The van der Waals surface area contributed by atoms with Gasteiger partial charge in [-0.25, -0.2) is 4.79 Å². The quantitative estimate of drug-likeness (QED) is 0.419. The lowest BCUT2D eigenvalue weighted by Gasteiger charge is -2.43. The van der Waals surface area contributed by atoms with Gasteiger partial charge in [-0.2, -0.15) is 0 Å². The van der Waals surface area contributed by atoms with E-state index in [-0.39, 0.29) is 6.03 Å². The summed E-state index contributed by atoms with van der Waals surface area (Å²) in [5.74, 6) is 0. The van der Waals surface area contributed by atoms with Crippen LogP contribution in [-0.2, 0) is 0 Å². The molecule has 0 aromatic rings. The second-order valence-corrected chi connectivity index (χ2v) is 5.33. The minimum Gasteiger partial charge on any atom is -0.391 e. The first kappa shape index (κ1) is 14.5. The molecule has 2 saturated heterocycles. The molecule has 7 nitrogen and oxygen atoms in total. The van der Waals surface area contributed by atoms with Crippen molar-refractivity contribution in [1.29, 1.82) is 0 Å². The molecular formula is C12H23N3O4. The van der Waals surface area contributed by atoms with Crippen molar-refractivity contribution in [2.75, 3.05) is 19.6 Å². The second-order valence-electron chi connectivity index (χ2n) is 5.33. The maximum Gasteiger partial charge on any atom is 0.315 e. The first-order chi connectivity index (χ1) is 9.04. The van der Waals surface area contributed by atoms with Crippen LogP contribution in [0.25, 0.3) is 0 Å². The van der Waals surface area contributed by atoms with Crippen LogP contribution in [-0.4, -0.2) is 76.3 Å². The van der Waals surface area contributed by atoms with Gasteiger partial charge in [0.05, 0.1) is 24.3 Å². The van der Waals surface area contributed by atoms with Crippen molar-refractivity contribution in [3.8, 4) is 0 Å². The zero-order chi connectivity index (χ0) is 14.0. The van der Waals surface area contributed by atoms with Crippen LogP contribution in [0, 0.1) is 0 Å². The van der Waals surface area contributed by atoms with Gasteiger partial charge in [-0.1, -0.05) is 6.92 Å². The van der Waals surface area contributed by atoms with Crippen LogP contribution in [0.4, 0.5) is 4.79 Å². The number of nitrogens with one attached hydrogen (secondary N) is 2. The molecule has 0 spiro atoms. The van der Waals surface area contributed by atoms with E-state index in [0.717, 1.165) is 6.42 Å². The van der Waals surface area contributed by atoms with Gasteiger partial charge in [0, 0.05) is 19.6 Å². The number of hydrogen-bond acceptors (Lipinski definition) is 5. The third-order valence-electron chi connectivity index (χ3n) is 3.92. The summed E-state index contributed by atoms with van der Waals surface area (Å²) < 4.78 is 0. The lowest BCUT2D eigenvalue weighted by Crippen LogP contribution is -2.66. The number of rotatable bonds is 3. The SMILES string of the molecule is CCCNC(=O)NC1CN2CCC(O)C2C(O)C1O. The number of carbonyl (C=O) groups is 1. The average Bonchev–Trinajstić information content (AvgIpc) is 2.74. The van der Waals surface area contributed by atoms with Crippen molar-refractivity contribution in [3.05, 3.63) is 0 Å². The van der Waals surface area contributed by atoms with E-state index >= 15 is 0 Å². The van der Waals surface area contributed by atoms with Crippen molar-refractivity contribution < 1.29 is 20.1 Å². The first-order valence-corrected chi connectivity index (χ1v) is 6.87. The zero-order valence-corrected chi connectivity index (χ0v) is 11.1. The summed E-state index contributed by atoms with van der Waals surface area (Å²) in [5, 5.41) is 35.2. The van der Waals surface area contributed by atoms with Crippen LogP contribution in [0.15, 0.2) is 0 Å². The molecule has 2 rings (SSSR count). The van der Waals surface area contributed by atoms with E-state index in [4.69, 9.17) is 0 Å². The molecule has 0 aromatic carbocycles. The summed E-state index contributed by atoms with van der Waals surface area (Å²) in [4.78, 5) is 13.5. The van der Waals surface area contributed by atoms with E-state index in [1.54, 1.807) is 0 Å². The number of urea groups is 1. The molecule has 2 heterocycles. The van der Waals surface area contributed by atoms with Gasteiger partial charge in [0.2, 0.25) is 0 Å². The largest absolute Gasteiger partial charge is 0.391 e. The standard InChI is InChI=1S/C12H23N3O4/c1-2-4-13-12(19)14-7-6-15-5-3-8(16)9(15)11(18)10(7)17/h7-11,16-18H,2-6H2,1H3,(H2,13,14,19). The van der Waals surface area contributed by atoms with Crippen molar-refractivity contribution in [2.24, 2.45) is 0 Å². The number of amides is 2. The third-order valence-corrected chi connectivity index (χ3v) is 3.92. The molecule has 0 aliphatic carbocycles. The Kier molecular flexibility index (Phi) is 4.62. The van der Waals surface area contributed by atoms with Crippen molar-refractivity contribution in [3.63, 3.8) is 0 Å². The van der Waals surface area contributed by atoms with Gasteiger partial charge in [0.15, 0.2) is 0 Å². The van der Waals surface area contributed by atoms with Crippen molar-refractivity contribution in [2.45, 2.75) is 50.2 Å². The molecule has 0 saturated carbocycles. The molecule has 5 unspecified atom stereocenters. The summed E-state index contributed by atoms with van der Waals surface area (Å²) in [7, 11) is 0. The summed E-state index contributed by atoms with van der Waals surface area (Å²) in [6.45, 7) is 3.64. The lowest BCUT2D eigenvalue weighted by molar-refractivity contribution is -0.0992. The number of piperidine rings is 1. The molecule has 2 aliphatic rings. The number of hydrogen-bond donors (Lipinski definition) is 5. The highest BCUT2D eigenvalue weighted by atomic mass is 16.3. The van der Waals surface area contributed by atoms with Gasteiger partial charge >= 0.3 is 6.03 Å². The number of aliphatic hydroxyl groups excluding tert-OH is 3. The van der Waals surface area contributed by atoms with Crippen molar-refractivity contribution >= 4 is 6.03 Å². The molecule has 110 valence electrons. The minimum atomic E-state index is -1.05. The summed E-state index contributed by atoms with van der Waals surface area (Å²) in [5.41, 5.74) is 0. The number of nitrogens with zero attached hydrogens (tertiary/aromatic N) is 1. The van der Waals surface area contributed by atoms with E-state index in [1.165, 1.54) is 0 Å². The van der Waals surface area contributed by atoms with Gasteiger partial charge in [-0.15, -0.1) is 0 Å². The lowest BCUT2D eigenvalue weighted by atomic mass is 9.91. The Hall–Kier alpha value is -0.890. The molecule has 0 aromatic heterocycles. The number of aliphatic hydroxyl groups is 3. The first-order valence-electron chi connectivity index (χ1n) is 6.87. The highest BCUT2D eigenvalue weighted by Gasteiger charge is 2.48.